The predicted octanol–water partition coefficient (Wildman–Crippen LogP) is 3.61. The minimum Gasteiger partial charge on any atom is -0.340 e. The maximum absolute atomic E-state index is 4.41. The molecule has 0 atom stereocenters. The highest BCUT2D eigenvalue weighted by Gasteiger charge is 2.02. The summed E-state index contributed by atoms with van der Waals surface area (Å²) >= 11 is 0. The lowest BCUT2D eigenvalue weighted by atomic mass is 10.2. The van der Waals surface area contributed by atoms with Gasteiger partial charge in [0.2, 0.25) is 5.95 Å². The number of allylic oxidation sites excluding steroid dienone is 1. The predicted molar refractivity (Wildman–Crippen MR) is 78.0 cm³/mol. The number of hydrogen-bond donors (Lipinski definition) is 0. The van der Waals surface area contributed by atoms with Crippen molar-refractivity contribution in [2.45, 2.75) is 46.0 Å². The first-order valence-electron chi connectivity index (χ1n) is 6.95. The van der Waals surface area contributed by atoms with Crippen LogP contribution in [0, 0.1) is 0 Å². The molecule has 0 fully saturated rings. The number of hydrogen-bond acceptors (Lipinski definition) is 3. The summed E-state index contributed by atoms with van der Waals surface area (Å²) in [6, 6.07) is 0. The summed E-state index contributed by atoms with van der Waals surface area (Å²) < 4.78 is 0. The molecule has 0 bridgehead atoms. The molecule has 3 nitrogen and oxygen atoms in total. The molecule has 0 N–H and O–H groups in total. The summed E-state index contributed by atoms with van der Waals surface area (Å²) in [7, 11) is 2.03. The summed E-state index contributed by atoms with van der Waals surface area (Å²) in [5.41, 5.74) is 1.23. The minimum atomic E-state index is 0.802. The summed E-state index contributed by atoms with van der Waals surface area (Å²) in [5.74, 6) is 0.802. The van der Waals surface area contributed by atoms with Crippen molar-refractivity contribution in [2.24, 2.45) is 0 Å². The lowest BCUT2D eigenvalue weighted by Crippen LogP contribution is -2.19. The molecule has 0 aliphatic rings. The van der Waals surface area contributed by atoms with Crippen molar-refractivity contribution in [2.75, 3.05) is 18.5 Å². The molecule has 0 radical (unpaired) electrons. The van der Waals surface area contributed by atoms with E-state index in [4.69, 9.17) is 0 Å². The van der Waals surface area contributed by atoms with E-state index < -0.39 is 0 Å². The van der Waals surface area contributed by atoms with Gasteiger partial charge in [0.1, 0.15) is 0 Å². The van der Waals surface area contributed by atoms with E-state index in [9.17, 15) is 0 Å². The van der Waals surface area contributed by atoms with Crippen LogP contribution in [0.1, 0.15) is 45.1 Å². The maximum Gasteiger partial charge on any atom is 0.225 e. The highest BCUT2D eigenvalue weighted by Crippen LogP contribution is 2.07. The Hall–Kier alpha value is -1.38. The van der Waals surface area contributed by atoms with E-state index in [2.05, 4.69) is 40.9 Å². The highest BCUT2D eigenvalue weighted by atomic mass is 15.2. The zero-order chi connectivity index (χ0) is 13.2. The summed E-state index contributed by atoms with van der Waals surface area (Å²) in [4.78, 5) is 10.9. The molecule has 1 aromatic heterocycles. The fourth-order valence-electron chi connectivity index (χ4n) is 1.65. The second kappa shape index (κ2) is 8.67. The molecule has 0 aliphatic carbocycles. The van der Waals surface area contributed by atoms with Crippen LogP contribution in [0.3, 0.4) is 0 Å². The van der Waals surface area contributed by atoms with Crippen LogP contribution >= 0.6 is 0 Å². The Labute approximate surface area is 111 Å². The van der Waals surface area contributed by atoms with Gasteiger partial charge in [-0.3, -0.25) is 0 Å². The molecule has 0 unspecified atom stereocenters. The van der Waals surface area contributed by atoms with E-state index in [-0.39, 0.29) is 0 Å². The Morgan fingerprint density at radius 2 is 1.83 bits per heavy atom. The summed E-state index contributed by atoms with van der Waals surface area (Å²) in [6.45, 7) is 5.26. The van der Waals surface area contributed by atoms with Crippen LogP contribution in [0.15, 0.2) is 24.5 Å². The average molecular weight is 247 g/mol. The minimum absolute atomic E-state index is 0.802. The van der Waals surface area contributed by atoms with Gasteiger partial charge in [0.05, 0.1) is 0 Å². The Kier molecular flexibility index (Phi) is 7.07. The van der Waals surface area contributed by atoms with Gasteiger partial charge in [0, 0.05) is 26.0 Å². The second-order valence-electron chi connectivity index (χ2n) is 4.64. The molecule has 0 amide bonds. The monoisotopic (exact) mass is 247 g/mol. The van der Waals surface area contributed by atoms with E-state index >= 15 is 0 Å². The normalized spacial score (nSPS) is 11.1. The Morgan fingerprint density at radius 1 is 1.11 bits per heavy atom. The third-order valence-electron chi connectivity index (χ3n) is 2.85. The lowest BCUT2D eigenvalue weighted by Gasteiger charge is -2.14. The molecule has 1 rings (SSSR count). The number of unbranched alkanes of at least 4 members (excludes halogenated alkanes) is 2. The third kappa shape index (κ3) is 5.30. The lowest BCUT2D eigenvalue weighted by molar-refractivity contribution is 0.785. The second-order valence-corrected chi connectivity index (χ2v) is 4.64. The van der Waals surface area contributed by atoms with E-state index in [1.54, 1.807) is 0 Å². The zero-order valence-corrected chi connectivity index (χ0v) is 11.9. The topological polar surface area (TPSA) is 29.0 Å². The third-order valence-corrected chi connectivity index (χ3v) is 2.85. The van der Waals surface area contributed by atoms with E-state index in [0.29, 0.717) is 0 Å². The molecular formula is C15H25N3. The van der Waals surface area contributed by atoms with Gasteiger partial charge in [-0.1, -0.05) is 38.8 Å². The Bertz CT molecular complexity index is 343. The van der Waals surface area contributed by atoms with E-state index in [0.717, 1.165) is 25.3 Å². The summed E-state index contributed by atoms with van der Waals surface area (Å²) in [6.07, 6.45) is 14.1. The number of rotatable bonds is 8. The summed E-state index contributed by atoms with van der Waals surface area (Å²) in [5, 5.41) is 0. The number of anilines is 1. The van der Waals surface area contributed by atoms with Gasteiger partial charge >= 0.3 is 0 Å². The fourth-order valence-corrected chi connectivity index (χ4v) is 1.65. The smallest absolute Gasteiger partial charge is 0.225 e. The number of likely N-dealkylation sites (N-methyl/N-ethyl adjacent to an activating group) is 1. The maximum atomic E-state index is 4.41. The molecule has 100 valence electrons. The van der Waals surface area contributed by atoms with Gasteiger partial charge in [0.15, 0.2) is 0 Å². The first-order valence-corrected chi connectivity index (χ1v) is 6.95. The first-order chi connectivity index (χ1) is 8.77. The molecule has 18 heavy (non-hydrogen) atoms. The van der Waals surface area contributed by atoms with E-state index in [1.165, 1.54) is 24.8 Å². The highest BCUT2D eigenvalue weighted by molar-refractivity contribution is 5.29. The molecule has 0 aliphatic heterocycles. The molecule has 1 aromatic rings. The van der Waals surface area contributed by atoms with Gasteiger partial charge in [-0.05, 0) is 24.8 Å². The van der Waals surface area contributed by atoms with Crippen molar-refractivity contribution in [3.63, 3.8) is 0 Å². The van der Waals surface area contributed by atoms with Gasteiger partial charge < -0.3 is 4.90 Å². The van der Waals surface area contributed by atoms with Crippen LogP contribution < -0.4 is 4.90 Å². The van der Waals surface area contributed by atoms with Crippen molar-refractivity contribution >= 4 is 5.95 Å². The largest absolute Gasteiger partial charge is 0.340 e. The van der Waals surface area contributed by atoms with Gasteiger partial charge in [-0.15, -0.1) is 0 Å². The van der Waals surface area contributed by atoms with Crippen LogP contribution in [0.4, 0.5) is 5.95 Å². The molecule has 0 spiro atoms. The Balaban J connectivity index is 2.45. The Morgan fingerprint density at radius 3 is 2.44 bits per heavy atom. The van der Waals surface area contributed by atoms with Crippen LogP contribution in [0.5, 0.6) is 0 Å². The van der Waals surface area contributed by atoms with Gasteiger partial charge in [0.25, 0.3) is 0 Å². The SMILES string of the molecule is CCC/C=C\CN(C)c1ncc(CCCC)cn1. The zero-order valence-electron chi connectivity index (χ0n) is 11.9. The number of aromatic nitrogens is 2. The van der Waals surface area contributed by atoms with Crippen LogP contribution in [-0.4, -0.2) is 23.6 Å². The molecule has 0 aromatic carbocycles. The molecule has 3 heteroatoms. The molecule has 0 saturated heterocycles. The van der Waals surface area contributed by atoms with Crippen molar-refractivity contribution in [1.29, 1.82) is 0 Å². The fraction of sp³-hybridized carbons (Fsp3) is 0.600. The van der Waals surface area contributed by atoms with Crippen molar-refractivity contribution in [1.82, 2.24) is 9.97 Å². The van der Waals surface area contributed by atoms with Gasteiger partial charge in [-0.2, -0.15) is 0 Å². The average Bonchev–Trinajstić information content (AvgIpc) is 2.41. The van der Waals surface area contributed by atoms with Crippen molar-refractivity contribution < 1.29 is 0 Å². The van der Waals surface area contributed by atoms with Crippen molar-refractivity contribution in [3.05, 3.63) is 30.1 Å². The van der Waals surface area contributed by atoms with Gasteiger partial charge in [-0.25, -0.2) is 9.97 Å². The first kappa shape index (κ1) is 14.7. The van der Waals surface area contributed by atoms with Crippen LogP contribution in [-0.2, 0) is 6.42 Å². The van der Waals surface area contributed by atoms with Crippen LogP contribution in [0.25, 0.3) is 0 Å². The number of nitrogens with zero attached hydrogens (tertiary/aromatic N) is 3. The molecular weight excluding hydrogens is 222 g/mol. The van der Waals surface area contributed by atoms with Crippen molar-refractivity contribution in [3.8, 4) is 0 Å². The van der Waals surface area contributed by atoms with E-state index in [1.807, 2.05) is 19.4 Å². The quantitative estimate of drug-likeness (QED) is 0.657. The molecule has 0 saturated carbocycles. The molecule has 1 heterocycles. The standard InChI is InChI=1S/C15H25N3/c1-4-6-8-9-11-18(3)15-16-12-14(13-17-15)10-7-5-2/h8-9,12-13H,4-7,10-11H2,1-3H3/b9-8-. The number of aryl methyl sites for hydroxylation is 1. The van der Waals surface area contributed by atoms with Crippen LogP contribution in [0.2, 0.25) is 0 Å².